The molecule has 0 radical (unpaired) electrons. The fraction of sp³-hybridized carbons (Fsp3) is 0.667. The van der Waals surface area contributed by atoms with E-state index in [2.05, 4.69) is 24.0 Å². The zero-order valence-electron chi connectivity index (χ0n) is 7.15. The molecule has 0 saturated carbocycles. The predicted octanol–water partition coefficient (Wildman–Crippen LogP) is 2.16. The van der Waals surface area contributed by atoms with Gasteiger partial charge in [-0.25, -0.2) is 0 Å². The predicted molar refractivity (Wildman–Crippen MR) is 44.7 cm³/mol. The molecule has 0 spiro atoms. The molecule has 0 aromatic carbocycles. The monoisotopic (exact) mass is 150 g/mol. The minimum Gasteiger partial charge on any atom is -0.282 e. The largest absolute Gasteiger partial charge is 0.282 e. The van der Waals surface area contributed by atoms with Gasteiger partial charge in [0.2, 0.25) is 0 Å². The van der Waals surface area contributed by atoms with Crippen molar-refractivity contribution in [2.75, 3.05) is 0 Å². The fourth-order valence-electron chi connectivity index (χ4n) is 1.93. The topological polar surface area (TPSA) is 28.7 Å². The summed E-state index contributed by atoms with van der Waals surface area (Å²) in [6, 6.07) is 0. The number of rotatable bonds is 0. The lowest BCUT2D eigenvalue weighted by Crippen LogP contribution is -2.05. The van der Waals surface area contributed by atoms with Gasteiger partial charge in [0.1, 0.15) is 0 Å². The van der Waals surface area contributed by atoms with E-state index >= 15 is 0 Å². The molecule has 2 rings (SSSR count). The number of H-pyrrole nitrogens is 1. The van der Waals surface area contributed by atoms with E-state index < -0.39 is 0 Å². The van der Waals surface area contributed by atoms with E-state index in [-0.39, 0.29) is 0 Å². The summed E-state index contributed by atoms with van der Waals surface area (Å²) in [7, 11) is 0. The smallest absolute Gasteiger partial charge is 0.0626 e. The zero-order valence-corrected chi connectivity index (χ0v) is 7.15. The second-order valence-corrected chi connectivity index (χ2v) is 3.49. The van der Waals surface area contributed by atoms with Crippen LogP contribution in [0.2, 0.25) is 0 Å². The Morgan fingerprint density at radius 1 is 1.55 bits per heavy atom. The molecule has 0 amide bonds. The number of aromatic amines is 1. The average molecular weight is 150 g/mol. The van der Waals surface area contributed by atoms with Crippen LogP contribution in [0.25, 0.3) is 0 Å². The third-order valence-corrected chi connectivity index (χ3v) is 2.66. The van der Waals surface area contributed by atoms with E-state index in [0.717, 1.165) is 0 Å². The zero-order chi connectivity index (χ0) is 7.84. The Balaban J connectivity index is 2.46. The molecule has 1 N–H and O–H groups in total. The molecule has 1 aliphatic carbocycles. The minimum atomic E-state index is 0.694. The van der Waals surface area contributed by atoms with Crippen LogP contribution < -0.4 is 0 Å². The maximum absolute atomic E-state index is 4.22. The van der Waals surface area contributed by atoms with Crippen LogP contribution in [0.1, 0.15) is 42.6 Å². The van der Waals surface area contributed by atoms with Gasteiger partial charge in [0.25, 0.3) is 0 Å². The molecule has 1 unspecified atom stereocenters. The summed E-state index contributed by atoms with van der Waals surface area (Å²) < 4.78 is 0. The normalized spacial score (nSPS) is 23.3. The van der Waals surface area contributed by atoms with Gasteiger partial charge in [-0.15, -0.1) is 0 Å². The highest BCUT2D eigenvalue weighted by atomic mass is 15.1. The number of fused-ring (bicyclic) bond motifs is 1. The third-order valence-electron chi connectivity index (χ3n) is 2.66. The molecule has 0 fully saturated rings. The molecule has 2 heteroatoms. The lowest BCUT2D eigenvalue weighted by molar-refractivity contribution is 0.577. The first kappa shape index (κ1) is 6.89. The molecular formula is C9H14N2. The van der Waals surface area contributed by atoms with Gasteiger partial charge in [-0.05, 0) is 37.7 Å². The molecule has 11 heavy (non-hydrogen) atoms. The Hall–Kier alpha value is -0.790. The minimum absolute atomic E-state index is 0.694. The van der Waals surface area contributed by atoms with E-state index in [4.69, 9.17) is 0 Å². The highest BCUT2D eigenvalue weighted by molar-refractivity contribution is 5.29. The lowest BCUT2D eigenvalue weighted by atomic mass is 9.88. The highest BCUT2D eigenvalue weighted by Gasteiger charge is 2.19. The Morgan fingerprint density at radius 3 is 3.09 bits per heavy atom. The maximum atomic E-state index is 4.22. The van der Waals surface area contributed by atoms with Crippen molar-refractivity contribution in [3.8, 4) is 0 Å². The van der Waals surface area contributed by atoms with Crippen molar-refractivity contribution in [2.24, 2.45) is 0 Å². The summed E-state index contributed by atoms with van der Waals surface area (Å²) in [6.45, 7) is 4.36. The van der Waals surface area contributed by atoms with Crippen molar-refractivity contribution in [1.29, 1.82) is 0 Å². The van der Waals surface area contributed by atoms with E-state index in [1.54, 1.807) is 0 Å². The molecule has 1 aliphatic rings. The van der Waals surface area contributed by atoms with Gasteiger partial charge in [-0.3, -0.25) is 5.10 Å². The number of aromatic nitrogens is 2. The van der Waals surface area contributed by atoms with Crippen LogP contribution in [0, 0.1) is 6.92 Å². The van der Waals surface area contributed by atoms with Gasteiger partial charge in [0.15, 0.2) is 0 Å². The Morgan fingerprint density at radius 2 is 2.36 bits per heavy atom. The number of nitrogens with zero attached hydrogens (tertiary/aromatic N) is 1. The quantitative estimate of drug-likeness (QED) is 0.603. The number of hydrogen-bond acceptors (Lipinski definition) is 1. The molecule has 0 aliphatic heterocycles. The standard InChI is InChI=1S/C9H14N2/c1-6-4-3-5-8-7(2)10-11-9(6)8/h6H,3-5H2,1-2H3,(H,10,11). The van der Waals surface area contributed by atoms with E-state index in [0.29, 0.717) is 5.92 Å². The summed E-state index contributed by atoms with van der Waals surface area (Å²) in [5.41, 5.74) is 4.06. The summed E-state index contributed by atoms with van der Waals surface area (Å²) in [5.74, 6) is 0.694. The van der Waals surface area contributed by atoms with Crippen molar-refractivity contribution in [1.82, 2.24) is 10.2 Å². The second-order valence-electron chi connectivity index (χ2n) is 3.49. The van der Waals surface area contributed by atoms with Crippen LogP contribution in [-0.4, -0.2) is 10.2 Å². The van der Waals surface area contributed by atoms with Crippen molar-refractivity contribution < 1.29 is 0 Å². The van der Waals surface area contributed by atoms with Gasteiger partial charge in [-0.2, -0.15) is 5.10 Å². The molecule has 0 saturated heterocycles. The van der Waals surface area contributed by atoms with Crippen LogP contribution in [0.3, 0.4) is 0 Å². The van der Waals surface area contributed by atoms with Crippen LogP contribution in [0.15, 0.2) is 0 Å². The number of nitrogens with one attached hydrogen (secondary N) is 1. The highest BCUT2D eigenvalue weighted by Crippen LogP contribution is 2.30. The van der Waals surface area contributed by atoms with E-state index in [9.17, 15) is 0 Å². The second kappa shape index (κ2) is 2.36. The molecule has 1 heterocycles. The Kier molecular flexibility index (Phi) is 1.48. The first-order valence-electron chi connectivity index (χ1n) is 4.33. The summed E-state index contributed by atoms with van der Waals surface area (Å²) >= 11 is 0. The van der Waals surface area contributed by atoms with E-state index in [1.165, 1.54) is 36.2 Å². The number of hydrogen-bond donors (Lipinski definition) is 1. The molecular weight excluding hydrogens is 136 g/mol. The molecule has 2 nitrogen and oxygen atoms in total. The molecule has 1 atom stereocenters. The Labute approximate surface area is 67.0 Å². The van der Waals surface area contributed by atoms with Crippen LogP contribution >= 0.6 is 0 Å². The van der Waals surface area contributed by atoms with Crippen molar-refractivity contribution in [2.45, 2.75) is 39.0 Å². The average Bonchev–Trinajstić information content (AvgIpc) is 2.35. The van der Waals surface area contributed by atoms with Crippen molar-refractivity contribution in [3.05, 3.63) is 17.0 Å². The fourth-order valence-corrected chi connectivity index (χ4v) is 1.93. The summed E-state index contributed by atoms with van der Waals surface area (Å²) in [6.07, 6.45) is 3.87. The van der Waals surface area contributed by atoms with Gasteiger partial charge in [0.05, 0.1) is 5.69 Å². The van der Waals surface area contributed by atoms with Crippen LogP contribution in [0.4, 0.5) is 0 Å². The Bertz CT molecular complexity index is 263. The van der Waals surface area contributed by atoms with Crippen molar-refractivity contribution >= 4 is 0 Å². The summed E-state index contributed by atoms with van der Waals surface area (Å²) in [5, 5.41) is 7.35. The van der Waals surface area contributed by atoms with Gasteiger partial charge >= 0.3 is 0 Å². The molecule has 0 bridgehead atoms. The van der Waals surface area contributed by atoms with Gasteiger partial charge < -0.3 is 0 Å². The summed E-state index contributed by atoms with van der Waals surface area (Å²) in [4.78, 5) is 0. The van der Waals surface area contributed by atoms with Gasteiger partial charge in [-0.1, -0.05) is 6.92 Å². The van der Waals surface area contributed by atoms with E-state index in [1.807, 2.05) is 0 Å². The lowest BCUT2D eigenvalue weighted by Gasteiger charge is -2.17. The molecule has 60 valence electrons. The molecule has 1 aromatic heterocycles. The molecule has 1 aromatic rings. The maximum Gasteiger partial charge on any atom is 0.0626 e. The van der Waals surface area contributed by atoms with Crippen LogP contribution in [-0.2, 0) is 6.42 Å². The first-order chi connectivity index (χ1) is 5.29. The number of aryl methyl sites for hydroxylation is 1. The van der Waals surface area contributed by atoms with Crippen LogP contribution in [0.5, 0.6) is 0 Å². The van der Waals surface area contributed by atoms with Crippen molar-refractivity contribution in [3.63, 3.8) is 0 Å². The SMILES string of the molecule is Cc1n[nH]c2c1CCCC2C. The first-order valence-corrected chi connectivity index (χ1v) is 4.33. The van der Waals surface area contributed by atoms with Gasteiger partial charge in [0, 0.05) is 5.69 Å². The third kappa shape index (κ3) is 0.971.